The standard InChI is InChI=1S/C22H17ClN6O3S/c23-12-5-7-13(8-6-12)29-20-16(10-25-29)21(32)28-14(11-33-22(28)27-20)9-18(30)26-17-4-2-1-3-15(17)19(24)31/h1-8,10,14H,9,11H2,(H2,24,31)(H,26,30). The van der Waals surface area contributed by atoms with Crippen molar-refractivity contribution in [2.75, 3.05) is 11.1 Å². The normalized spacial score (nSPS) is 14.9. The van der Waals surface area contributed by atoms with E-state index in [-0.39, 0.29) is 29.5 Å². The molecule has 4 aromatic rings. The van der Waals surface area contributed by atoms with Crippen LogP contribution in [0.15, 0.2) is 64.7 Å². The van der Waals surface area contributed by atoms with Gasteiger partial charge in [0, 0.05) is 17.2 Å². The van der Waals surface area contributed by atoms with Crippen LogP contribution in [0.25, 0.3) is 16.7 Å². The fraction of sp³-hybridized carbons (Fsp3) is 0.136. The molecule has 1 atom stereocenters. The molecule has 2 amide bonds. The van der Waals surface area contributed by atoms with Crippen molar-refractivity contribution in [3.63, 3.8) is 0 Å². The molecule has 9 nitrogen and oxygen atoms in total. The van der Waals surface area contributed by atoms with E-state index in [1.165, 1.54) is 18.0 Å². The lowest BCUT2D eigenvalue weighted by atomic mass is 10.1. The smallest absolute Gasteiger partial charge is 0.265 e. The van der Waals surface area contributed by atoms with Crippen molar-refractivity contribution in [2.24, 2.45) is 5.73 Å². The monoisotopic (exact) mass is 480 g/mol. The first kappa shape index (κ1) is 21.2. The minimum atomic E-state index is -0.631. The van der Waals surface area contributed by atoms with Gasteiger partial charge in [0.1, 0.15) is 5.39 Å². The molecular formula is C22H17ClN6O3S. The molecule has 0 bridgehead atoms. The van der Waals surface area contributed by atoms with E-state index >= 15 is 0 Å². The number of hydrogen-bond acceptors (Lipinski definition) is 6. The van der Waals surface area contributed by atoms with Gasteiger partial charge in [-0.25, -0.2) is 9.67 Å². The number of carbonyl (C=O) groups excluding carboxylic acids is 2. The summed E-state index contributed by atoms with van der Waals surface area (Å²) in [6.45, 7) is 0. The number of benzene rings is 2. The Balaban J connectivity index is 1.44. The molecule has 0 saturated heterocycles. The minimum absolute atomic E-state index is 0.0471. The van der Waals surface area contributed by atoms with Crippen molar-refractivity contribution < 1.29 is 9.59 Å². The molecule has 0 fully saturated rings. The minimum Gasteiger partial charge on any atom is -0.366 e. The molecule has 1 aliphatic rings. The van der Waals surface area contributed by atoms with Gasteiger partial charge in [0.05, 0.1) is 29.2 Å². The summed E-state index contributed by atoms with van der Waals surface area (Å²) in [4.78, 5) is 42.2. The van der Waals surface area contributed by atoms with E-state index in [1.807, 2.05) is 0 Å². The first-order chi connectivity index (χ1) is 15.9. The van der Waals surface area contributed by atoms with Crippen molar-refractivity contribution >= 4 is 51.9 Å². The van der Waals surface area contributed by atoms with Crippen LogP contribution >= 0.6 is 23.4 Å². The predicted octanol–water partition coefficient (Wildman–Crippen LogP) is 3.01. The Morgan fingerprint density at radius 1 is 1.18 bits per heavy atom. The third-order valence-electron chi connectivity index (χ3n) is 5.33. The Morgan fingerprint density at radius 2 is 1.94 bits per heavy atom. The van der Waals surface area contributed by atoms with Gasteiger partial charge in [-0.05, 0) is 36.4 Å². The Labute approximate surface area is 196 Å². The van der Waals surface area contributed by atoms with Gasteiger partial charge in [-0.2, -0.15) is 5.10 Å². The van der Waals surface area contributed by atoms with E-state index in [0.717, 1.165) is 5.69 Å². The molecule has 0 saturated carbocycles. The second-order valence-corrected chi connectivity index (χ2v) is 8.89. The van der Waals surface area contributed by atoms with Crippen LogP contribution in [0, 0.1) is 0 Å². The van der Waals surface area contributed by atoms with E-state index in [4.69, 9.17) is 17.3 Å². The maximum Gasteiger partial charge on any atom is 0.265 e. The highest BCUT2D eigenvalue weighted by Crippen LogP contribution is 2.33. The first-order valence-electron chi connectivity index (χ1n) is 10.00. The predicted molar refractivity (Wildman–Crippen MR) is 126 cm³/mol. The lowest BCUT2D eigenvalue weighted by molar-refractivity contribution is -0.116. The van der Waals surface area contributed by atoms with Crippen molar-refractivity contribution in [2.45, 2.75) is 17.6 Å². The first-order valence-corrected chi connectivity index (χ1v) is 11.4. The van der Waals surface area contributed by atoms with Gasteiger partial charge in [-0.15, -0.1) is 0 Å². The quantitative estimate of drug-likeness (QED) is 0.423. The number of nitrogens with one attached hydrogen (secondary N) is 1. The fourth-order valence-corrected chi connectivity index (χ4v) is 5.03. The summed E-state index contributed by atoms with van der Waals surface area (Å²) < 4.78 is 3.13. The van der Waals surface area contributed by atoms with Crippen LogP contribution in [0.5, 0.6) is 0 Å². The number of amides is 2. The number of primary amides is 1. The summed E-state index contributed by atoms with van der Waals surface area (Å²) in [5.74, 6) is -0.437. The van der Waals surface area contributed by atoms with Gasteiger partial charge in [-0.1, -0.05) is 35.5 Å². The van der Waals surface area contributed by atoms with E-state index < -0.39 is 5.91 Å². The highest BCUT2D eigenvalue weighted by Gasteiger charge is 2.30. The molecule has 1 aliphatic heterocycles. The zero-order chi connectivity index (χ0) is 23.1. The van der Waals surface area contributed by atoms with E-state index in [0.29, 0.717) is 32.7 Å². The number of halogens is 1. The van der Waals surface area contributed by atoms with Crippen LogP contribution in [0.1, 0.15) is 22.8 Å². The number of hydrogen-bond donors (Lipinski definition) is 2. The Morgan fingerprint density at radius 3 is 2.70 bits per heavy atom. The molecule has 3 heterocycles. The molecule has 3 N–H and O–H groups in total. The Kier molecular flexibility index (Phi) is 5.39. The Bertz CT molecular complexity index is 1460. The van der Waals surface area contributed by atoms with Gasteiger partial charge in [-0.3, -0.25) is 19.0 Å². The number of aromatic nitrogens is 4. The Hall–Kier alpha value is -3.63. The fourth-order valence-electron chi connectivity index (χ4n) is 3.77. The van der Waals surface area contributed by atoms with Crippen molar-refractivity contribution in [1.82, 2.24) is 19.3 Å². The average molecular weight is 481 g/mol. The zero-order valence-electron chi connectivity index (χ0n) is 17.1. The molecule has 1 unspecified atom stereocenters. The van der Waals surface area contributed by atoms with Crippen molar-refractivity contribution in [1.29, 1.82) is 0 Å². The molecule has 0 spiro atoms. The van der Waals surface area contributed by atoms with Crippen LogP contribution in [0.4, 0.5) is 5.69 Å². The highest BCUT2D eigenvalue weighted by molar-refractivity contribution is 7.99. The molecule has 0 radical (unpaired) electrons. The number of rotatable bonds is 5. The summed E-state index contributed by atoms with van der Waals surface area (Å²) >= 11 is 7.37. The molecule has 5 rings (SSSR count). The lowest BCUT2D eigenvalue weighted by Crippen LogP contribution is -2.28. The SMILES string of the molecule is NC(=O)c1ccccc1NC(=O)CC1CSc2nc3c(cnn3-c3ccc(Cl)cc3)c(=O)n21. The number of anilines is 1. The van der Waals surface area contributed by atoms with E-state index in [1.54, 1.807) is 57.8 Å². The molecule has 0 aliphatic carbocycles. The molecule has 2 aromatic carbocycles. The zero-order valence-corrected chi connectivity index (χ0v) is 18.6. The van der Waals surface area contributed by atoms with Crippen molar-refractivity contribution in [3.05, 3.63) is 75.7 Å². The maximum absolute atomic E-state index is 13.3. The van der Waals surface area contributed by atoms with Gasteiger partial charge >= 0.3 is 0 Å². The number of fused-ring (bicyclic) bond motifs is 2. The lowest BCUT2D eigenvalue weighted by Gasteiger charge is -2.14. The van der Waals surface area contributed by atoms with Gasteiger partial charge < -0.3 is 11.1 Å². The largest absolute Gasteiger partial charge is 0.366 e. The second-order valence-electron chi connectivity index (χ2n) is 7.47. The van der Waals surface area contributed by atoms with Gasteiger partial charge in [0.2, 0.25) is 5.91 Å². The number of nitrogens with zero attached hydrogens (tertiary/aromatic N) is 4. The van der Waals surface area contributed by atoms with E-state index in [2.05, 4.69) is 15.4 Å². The number of para-hydroxylation sites is 1. The summed E-state index contributed by atoms with van der Waals surface area (Å²) in [6.07, 6.45) is 1.53. The highest BCUT2D eigenvalue weighted by atomic mass is 35.5. The topological polar surface area (TPSA) is 125 Å². The van der Waals surface area contributed by atoms with Gasteiger partial charge in [0.25, 0.3) is 11.5 Å². The van der Waals surface area contributed by atoms with Crippen LogP contribution in [0.3, 0.4) is 0 Å². The molecule has 33 heavy (non-hydrogen) atoms. The van der Waals surface area contributed by atoms with Crippen LogP contribution < -0.4 is 16.6 Å². The van der Waals surface area contributed by atoms with Crippen LogP contribution in [-0.2, 0) is 4.79 Å². The van der Waals surface area contributed by atoms with Crippen LogP contribution in [-0.4, -0.2) is 36.9 Å². The third kappa shape index (κ3) is 3.87. The molecule has 11 heteroatoms. The maximum atomic E-state index is 13.3. The molecular weight excluding hydrogens is 464 g/mol. The van der Waals surface area contributed by atoms with Crippen LogP contribution in [0.2, 0.25) is 5.02 Å². The number of nitrogens with two attached hydrogens (primary N) is 1. The second kappa shape index (κ2) is 8.38. The van der Waals surface area contributed by atoms with Gasteiger partial charge in [0.15, 0.2) is 10.8 Å². The number of carbonyl (C=O) groups is 2. The number of thioether (sulfide) groups is 1. The summed E-state index contributed by atoms with van der Waals surface area (Å²) in [5.41, 5.74) is 6.87. The third-order valence-corrected chi connectivity index (χ3v) is 6.68. The molecule has 2 aromatic heterocycles. The van der Waals surface area contributed by atoms with E-state index in [9.17, 15) is 14.4 Å². The summed E-state index contributed by atoms with van der Waals surface area (Å²) in [6, 6.07) is 13.2. The average Bonchev–Trinajstić information content (AvgIpc) is 3.39. The summed E-state index contributed by atoms with van der Waals surface area (Å²) in [5, 5.41) is 8.54. The molecule has 166 valence electrons. The summed E-state index contributed by atoms with van der Waals surface area (Å²) in [7, 11) is 0. The van der Waals surface area contributed by atoms with Crippen molar-refractivity contribution in [3.8, 4) is 5.69 Å².